The highest BCUT2D eigenvalue weighted by molar-refractivity contribution is 6.04. The summed E-state index contributed by atoms with van der Waals surface area (Å²) >= 11 is 0. The van der Waals surface area contributed by atoms with E-state index in [4.69, 9.17) is 15.7 Å². The normalized spacial score (nSPS) is 10.6. The lowest BCUT2D eigenvalue weighted by atomic mass is 10.1. The molecule has 0 radical (unpaired) electrons. The summed E-state index contributed by atoms with van der Waals surface area (Å²) in [6, 6.07) is 16.5. The topological polar surface area (TPSA) is 110 Å². The molecule has 8 nitrogen and oxygen atoms in total. The number of ether oxygens (including phenoxy) is 1. The van der Waals surface area contributed by atoms with Crippen LogP contribution in [0.4, 0.5) is 5.69 Å². The van der Waals surface area contributed by atoms with Crippen LogP contribution >= 0.6 is 0 Å². The van der Waals surface area contributed by atoms with E-state index in [2.05, 4.69) is 16.0 Å². The Kier molecular flexibility index (Phi) is 5.60. The van der Waals surface area contributed by atoms with Gasteiger partial charge in [0.15, 0.2) is 5.65 Å². The molecule has 2 heterocycles. The molecule has 0 unspecified atom stereocenters. The third-order valence-corrected chi connectivity index (χ3v) is 4.84. The minimum absolute atomic E-state index is 0.267. The van der Waals surface area contributed by atoms with E-state index in [1.165, 1.54) is 4.90 Å². The monoisotopic (exact) mass is 412 g/mol. The summed E-state index contributed by atoms with van der Waals surface area (Å²) in [7, 11) is 1.67. The van der Waals surface area contributed by atoms with Crippen LogP contribution in [0.5, 0.6) is 5.75 Å². The molecule has 0 aliphatic carbocycles. The fourth-order valence-electron chi connectivity index (χ4n) is 3.16. The number of anilines is 1. The van der Waals surface area contributed by atoms with E-state index in [9.17, 15) is 4.79 Å². The molecule has 1 amide bonds. The maximum absolute atomic E-state index is 13.0. The molecular weight excluding hydrogens is 392 g/mol. The quantitative estimate of drug-likeness (QED) is 0.521. The molecule has 4 aromatic rings. The van der Waals surface area contributed by atoms with E-state index in [-0.39, 0.29) is 11.6 Å². The van der Waals surface area contributed by atoms with Gasteiger partial charge in [-0.15, -0.1) is 0 Å². The minimum atomic E-state index is -0.267. The number of carbonyl (C=O) groups is 1. The maximum atomic E-state index is 13.0. The third-order valence-electron chi connectivity index (χ3n) is 4.84. The summed E-state index contributed by atoms with van der Waals surface area (Å²) in [4.78, 5) is 23.2. The van der Waals surface area contributed by atoms with Crippen molar-refractivity contribution in [3.8, 4) is 23.1 Å². The predicted molar refractivity (Wildman–Crippen MR) is 117 cm³/mol. The van der Waals surface area contributed by atoms with Crippen LogP contribution < -0.4 is 15.4 Å². The number of nitriles is 1. The Balaban J connectivity index is 1.63. The Morgan fingerprint density at radius 2 is 1.87 bits per heavy atom. The van der Waals surface area contributed by atoms with Crippen molar-refractivity contribution < 1.29 is 9.53 Å². The molecule has 4 rings (SSSR count). The largest absolute Gasteiger partial charge is 0.492 e. The predicted octanol–water partition coefficient (Wildman–Crippen LogP) is 2.88. The van der Waals surface area contributed by atoms with Crippen molar-refractivity contribution >= 4 is 17.2 Å². The third kappa shape index (κ3) is 4.08. The minimum Gasteiger partial charge on any atom is -0.492 e. The van der Waals surface area contributed by atoms with Crippen LogP contribution in [0.15, 0.2) is 67.1 Å². The molecule has 31 heavy (non-hydrogen) atoms. The van der Waals surface area contributed by atoms with Crippen molar-refractivity contribution in [2.45, 2.75) is 0 Å². The van der Waals surface area contributed by atoms with Gasteiger partial charge >= 0.3 is 0 Å². The van der Waals surface area contributed by atoms with Gasteiger partial charge in [0.05, 0.1) is 29.7 Å². The van der Waals surface area contributed by atoms with Gasteiger partial charge in [-0.25, -0.2) is 9.97 Å². The number of benzene rings is 2. The van der Waals surface area contributed by atoms with Crippen LogP contribution in [0.25, 0.3) is 16.9 Å². The zero-order valence-corrected chi connectivity index (χ0v) is 16.9. The molecule has 0 bridgehead atoms. The van der Waals surface area contributed by atoms with Crippen molar-refractivity contribution in [3.63, 3.8) is 0 Å². The van der Waals surface area contributed by atoms with E-state index < -0.39 is 0 Å². The van der Waals surface area contributed by atoms with Crippen LogP contribution in [-0.4, -0.2) is 40.5 Å². The Labute approximate surface area is 179 Å². The lowest BCUT2D eigenvalue weighted by molar-refractivity contribution is 0.0988. The molecular formula is C23H20N6O2. The molecule has 0 saturated carbocycles. The number of aromatic nitrogens is 3. The smallest absolute Gasteiger partial charge is 0.278 e. The van der Waals surface area contributed by atoms with Crippen molar-refractivity contribution in [3.05, 3.63) is 78.4 Å². The Morgan fingerprint density at radius 3 is 2.55 bits per heavy atom. The second-order valence-electron chi connectivity index (χ2n) is 6.83. The summed E-state index contributed by atoms with van der Waals surface area (Å²) in [5.41, 5.74) is 9.35. The highest BCUT2D eigenvalue weighted by Gasteiger charge is 2.17. The summed E-state index contributed by atoms with van der Waals surface area (Å²) in [5, 5.41) is 8.95. The number of imidazole rings is 1. The van der Waals surface area contributed by atoms with Gasteiger partial charge in [-0.3, -0.25) is 9.20 Å². The van der Waals surface area contributed by atoms with Crippen molar-refractivity contribution in [1.29, 1.82) is 5.26 Å². The Hall–Kier alpha value is -4.22. The molecule has 0 spiro atoms. The van der Waals surface area contributed by atoms with Gasteiger partial charge in [0.25, 0.3) is 5.91 Å². The molecule has 0 aliphatic heterocycles. The number of hydrogen-bond acceptors (Lipinski definition) is 6. The lowest BCUT2D eigenvalue weighted by Gasteiger charge is -2.17. The molecule has 2 aromatic carbocycles. The number of fused-ring (bicyclic) bond motifs is 1. The fraction of sp³-hybridized carbons (Fsp3) is 0.130. The second kappa shape index (κ2) is 8.65. The number of hydrogen-bond donors (Lipinski definition) is 1. The standard InChI is InChI=1S/C23H20N6O2/c1-28(18-6-2-16(12-25)3-7-18)23(30)20-15-29-21(13-27-22(29)14-26-20)17-4-8-19(9-5-17)31-11-10-24/h2-9,13-15H,10-11,24H2,1H3. The summed E-state index contributed by atoms with van der Waals surface area (Å²) in [6.07, 6.45) is 4.99. The zero-order valence-electron chi connectivity index (χ0n) is 16.9. The summed E-state index contributed by atoms with van der Waals surface area (Å²) in [5.74, 6) is 0.474. The van der Waals surface area contributed by atoms with Crippen LogP contribution in [0.2, 0.25) is 0 Å². The van der Waals surface area contributed by atoms with Crippen molar-refractivity contribution in [1.82, 2.24) is 14.4 Å². The van der Waals surface area contributed by atoms with E-state index in [0.29, 0.717) is 30.0 Å². The first-order valence-corrected chi connectivity index (χ1v) is 9.65. The lowest BCUT2D eigenvalue weighted by Crippen LogP contribution is -2.27. The van der Waals surface area contributed by atoms with Gasteiger partial charge in [0.1, 0.15) is 18.1 Å². The maximum Gasteiger partial charge on any atom is 0.278 e. The van der Waals surface area contributed by atoms with Crippen LogP contribution in [-0.2, 0) is 0 Å². The molecule has 2 aromatic heterocycles. The molecule has 8 heteroatoms. The first-order valence-electron chi connectivity index (χ1n) is 9.65. The van der Waals surface area contributed by atoms with Crippen LogP contribution in [0, 0.1) is 11.3 Å². The number of amides is 1. The van der Waals surface area contributed by atoms with E-state index >= 15 is 0 Å². The first-order chi connectivity index (χ1) is 15.1. The van der Waals surface area contributed by atoms with Gasteiger partial charge in [0.2, 0.25) is 0 Å². The number of carbonyl (C=O) groups excluding carboxylic acids is 1. The van der Waals surface area contributed by atoms with Crippen molar-refractivity contribution in [2.24, 2.45) is 5.73 Å². The molecule has 2 N–H and O–H groups in total. The first kappa shape index (κ1) is 20.1. The second-order valence-corrected chi connectivity index (χ2v) is 6.83. The van der Waals surface area contributed by atoms with Gasteiger partial charge in [-0.1, -0.05) is 0 Å². The zero-order chi connectivity index (χ0) is 21.8. The summed E-state index contributed by atoms with van der Waals surface area (Å²) < 4.78 is 7.36. The van der Waals surface area contributed by atoms with E-state index in [0.717, 1.165) is 17.0 Å². The molecule has 0 atom stereocenters. The fourth-order valence-corrected chi connectivity index (χ4v) is 3.16. The molecule has 0 aliphatic rings. The van der Waals surface area contributed by atoms with E-state index in [1.807, 2.05) is 28.7 Å². The van der Waals surface area contributed by atoms with E-state index in [1.54, 1.807) is 49.9 Å². The van der Waals surface area contributed by atoms with Gasteiger partial charge in [0, 0.05) is 31.0 Å². The molecule has 154 valence electrons. The average Bonchev–Trinajstić information content (AvgIpc) is 3.25. The van der Waals surface area contributed by atoms with Gasteiger partial charge in [-0.05, 0) is 48.5 Å². The Bertz CT molecular complexity index is 1260. The number of nitrogens with zero attached hydrogens (tertiary/aromatic N) is 5. The van der Waals surface area contributed by atoms with Gasteiger partial charge in [-0.2, -0.15) is 5.26 Å². The van der Waals surface area contributed by atoms with Gasteiger partial charge < -0.3 is 15.4 Å². The SMILES string of the molecule is CN(C(=O)c1cn2c(-c3ccc(OCCN)cc3)cnc2cn1)c1ccc(C#N)cc1. The Morgan fingerprint density at radius 1 is 1.13 bits per heavy atom. The number of nitrogens with two attached hydrogens (primary N) is 1. The van der Waals surface area contributed by atoms with Crippen LogP contribution in [0.3, 0.4) is 0 Å². The summed E-state index contributed by atoms with van der Waals surface area (Å²) in [6.45, 7) is 0.911. The molecule has 0 fully saturated rings. The van der Waals surface area contributed by atoms with Crippen molar-refractivity contribution in [2.75, 3.05) is 25.1 Å². The highest BCUT2D eigenvalue weighted by atomic mass is 16.5. The molecule has 0 saturated heterocycles. The highest BCUT2D eigenvalue weighted by Crippen LogP contribution is 2.24. The number of rotatable bonds is 6. The van der Waals surface area contributed by atoms with Crippen LogP contribution in [0.1, 0.15) is 16.1 Å². The average molecular weight is 412 g/mol.